The Bertz CT molecular complexity index is 1330. The molecular weight excluding hydrogens is 422 g/mol. The van der Waals surface area contributed by atoms with Crippen molar-refractivity contribution >= 4 is 17.5 Å². The number of hydrogen-bond donors (Lipinski definition) is 1. The lowest BCUT2D eigenvalue weighted by atomic mass is 9.95. The summed E-state index contributed by atoms with van der Waals surface area (Å²) in [6, 6.07) is 5.61. The van der Waals surface area contributed by atoms with E-state index < -0.39 is 5.91 Å². The Morgan fingerprint density at radius 2 is 1.94 bits per heavy atom. The first-order valence-electron chi connectivity index (χ1n) is 10.9. The summed E-state index contributed by atoms with van der Waals surface area (Å²) < 4.78 is 8.80. The molecule has 0 unspecified atom stereocenters. The molecule has 0 aliphatic carbocycles. The average Bonchev–Trinajstić information content (AvgIpc) is 3.40. The predicted octanol–water partition coefficient (Wildman–Crippen LogP) is 1.81. The second-order valence-corrected chi connectivity index (χ2v) is 8.54. The zero-order valence-electron chi connectivity index (χ0n) is 18.8. The van der Waals surface area contributed by atoms with Crippen LogP contribution in [0.4, 0.5) is 5.69 Å². The van der Waals surface area contributed by atoms with Gasteiger partial charge in [0.1, 0.15) is 17.0 Å². The Balaban J connectivity index is 1.47. The lowest BCUT2D eigenvalue weighted by Gasteiger charge is -2.30. The molecule has 9 heteroatoms. The van der Waals surface area contributed by atoms with Gasteiger partial charge in [-0.3, -0.25) is 14.4 Å². The molecule has 0 bridgehead atoms. The van der Waals surface area contributed by atoms with Gasteiger partial charge in [-0.25, -0.2) is 4.98 Å². The molecule has 1 N–H and O–H groups in total. The van der Waals surface area contributed by atoms with Crippen molar-refractivity contribution in [2.75, 3.05) is 18.5 Å². The average molecular weight is 447 g/mol. The largest absolute Gasteiger partial charge is 0.491 e. The minimum atomic E-state index is -0.460. The molecule has 2 amide bonds. The number of pyridine rings is 1. The van der Waals surface area contributed by atoms with Crippen molar-refractivity contribution in [1.82, 2.24) is 19.0 Å². The third-order valence-electron chi connectivity index (χ3n) is 6.37. The second kappa shape index (κ2) is 7.91. The molecule has 2 aromatic heterocycles. The number of rotatable bonds is 3. The van der Waals surface area contributed by atoms with Crippen LogP contribution in [0.3, 0.4) is 0 Å². The van der Waals surface area contributed by atoms with Crippen molar-refractivity contribution in [3.05, 3.63) is 74.7 Å². The first kappa shape index (κ1) is 21.0. The molecule has 0 fully saturated rings. The maximum atomic E-state index is 13.3. The second-order valence-electron chi connectivity index (χ2n) is 8.54. The SMILES string of the molecule is Cc1ncn(C)c1C(=O)N1CCc2c(cn(C)c(=O)c2C(=O)Nc2cccc3c2OCC3)C1. The van der Waals surface area contributed by atoms with E-state index in [4.69, 9.17) is 4.74 Å². The minimum absolute atomic E-state index is 0.116. The number of nitrogens with one attached hydrogen (secondary N) is 1. The number of aromatic nitrogens is 3. The van der Waals surface area contributed by atoms with Crippen LogP contribution in [0.25, 0.3) is 0 Å². The predicted molar refractivity (Wildman–Crippen MR) is 122 cm³/mol. The molecule has 4 heterocycles. The minimum Gasteiger partial charge on any atom is -0.491 e. The van der Waals surface area contributed by atoms with Crippen LogP contribution < -0.4 is 15.6 Å². The number of para-hydroxylation sites is 1. The molecule has 5 rings (SSSR count). The van der Waals surface area contributed by atoms with E-state index in [-0.39, 0.29) is 17.0 Å². The summed E-state index contributed by atoms with van der Waals surface area (Å²) in [7, 11) is 3.41. The van der Waals surface area contributed by atoms with Gasteiger partial charge in [-0.2, -0.15) is 0 Å². The number of hydrogen-bond acceptors (Lipinski definition) is 5. The molecule has 3 aromatic rings. The maximum absolute atomic E-state index is 13.3. The first-order valence-corrected chi connectivity index (χ1v) is 10.9. The number of carbonyl (C=O) groups is 2. The van der Waals surface area contributed by atoms with E-state index in [9.17, 15) is 14.4 Å². The Hall–Kier alpha value is -3.88. The highest BCUT2D eigenvalue weighted by molar-refractivity contribution is 6.06. The third-order valence-corrected chi connectivity index (χ3v) is 6.37. The summed E-state index contributed by atoms with van der Waals surface area (Å²) in [5.74, 6) is 0.0874. The molecule has 0 saturated heterocycles. The highest BCUT2D eigenvalue weighted by Crippen LogP contribution is 2.34. The fraction of sp³-hybridized carbons (Fsp3) is 0.333. The normalized spacial score (nSPS) is 14.5. The fourth-order valence-corrected chi connectivity index (χ4v) is 4.70. The van der Waals surface area contributed by atoms with Crippen LogP contribution in [0.5, 0.6) is 5.75 Å². The molecule has 0 saturated carbocycles. The lowest BCUT2D eigenvalue weighted by molar-refractivity contribution is 0.0723. The quantitative estimate of drug-likeness (QED) is 0.660. The van der Waals surface area contributed by atoms with Gasteiger partial charge in [0, 0.05) is 39.8 Å². The van der Waals surface area contributed by atoms with Crippen LogP contribution in [0.2, 0.25) is 0 Å². The Kier molecular flexibility index (Phi) is 5.03. The van der Waals surface area contributed by atoms with E-state index in [1.165, 1.54) is 4.57 Å². The maximum Gasteiger partial charge on any atom is 0.272 e. The highest BCUT2D eigenvalue weighted by atomic mass is 16.5. The molecule has 0 atom stereocenters. The topological polar surface area (TPSA) is 98.5 Å². The first-order chi connectivity index (χ1) is 15.8. The molecule has 170 valence electrons. The summed E-state index contributed by atoms with van der Waals surface area (Å²) >= 11 is 0. The number of nitrogens with zero attached hydrogens (tertiary/aromatic N) is 4. The van der Waals surface area contributed by atoms with E-state index in [1.807, 2.05) is 12.1 Å². The zero-order chi connectivity index (χ0) is 23.3. The van der Waals surface area contributed by atoms with Gasteiger partial charge in [0.2, 0.25) is 0 Å². The number of aryl methyl sites for hydroxylation is 3. The number of ether oxygens (including phenoxy) is 1. The van der Waals surface area contributed by atoms with Gasteiger partial charge in [0.15, 0.2) is 0 Å². The molecule has 33 heavy (non-hydrogen) atoms. The highest BCUT2D eigenvalue weighted by Gasteiger charge is 2.30. The molecule has 1 aromatic carbocycles. The number of amides is 2. The van der Waals surface area contributed by atoms with Gasteiger partial charge >= 0.3 is 0 Å². The summed E-state index contributed by atoms with van der Waals surface area (Å²) in [6.07, 6.45) is 4.55. The molecule has 2 aliphatic heterocycles. The molecular formula is C24H25N5O4. The number of carbonyl (C=O) groups excluding carboxylic acids is 2. The summed E-state index contributed by atoms with van der Waals surface area (Å²) in [5, 5.41) is 2.88. The van der Waals surface area contributed by atoms with E-state index in [1.54, 1.807) is 49.1 Å². The summed E-state index contributed by atoms with van der Waals surface area (Å²) in [6.45, 7) is 3.11. The number of imidazole rings is 1. The van der Waals surface area contributed by atoms with Crippen molar-refractivity contribution in [3.63, 3.8) is 0 Å². The molecule has 2 aliphatic rings. The number of anilines is 1. The van der Waals surface area contributed by atoms with Gasteiger partial charge in [-0.1, -0.05) is 12.1 Å². The van der Waals surface area contributed by atoms with Gasteiger partial charge in [-0.15, -0.1) is 0 Å². The van der Waals surface area contributed by atoms with Gasteiger partial charge < -0.3 is 24.1 Å². The van der Waals surface area contributed by atoms with Gasteiger partial charge in [0.05, 0.1) is 24.3 Å². The van der Waals surface area contributed by atoms with Crippen LogP contribution >= 0.6 is 0 Å². The summed E-state index contributed by atoms with van der Waals surface area (Å²) in [5.41, 5.74) is 4.05. The fourth-order valence-electron chi connectivity index (χ4n) is 4.70. The van der Waals surface area contributed by atoms with Crippen LogP contribution in [-0.4, -0.2) is 44.0 Å². The van der Waals surface area contributed by atoms with Crippen LogP contribution in [-0.2, 0) is 33.5 Å². The zero-order valence-corrected chi connectivity index (χ0v) is 18.8. The van der Waals surface area contributed by atoms with Gasteiger partial charge in [-0.05, 0) is 36.1 Å². The van der Waals surface area contributed by atoms with E-state index in [0.717, 1.165) is 17.5 Å². The van der Waals surface area contributed by atoms with Crippen molar-refractivity contribution in [2.24, 2.45) is 14.1 Å². The van der Waals surface area contributed by atoms with Crippen molar-refractivity contribution in [3.8, 4) is 5.75 Å². The standard InChI is InChI=1S/C24H25N5O4/c1-14-20(28(3)13-25-14)24(32)29-9-7-17-16(12-29)11-27(2)23(31)19(17)22(30)26-18-6-4-5-15-8-10-33-21(15)18/h4-6,11,13H,7-10,12H2,1-3H3,(H,26,30). The molecule has 0 spiro atoms. The Morgan fingerprint density at radius 1 is 1.12 bits per heavy atom. The van der Waals surface area contributed by atoms with E-state index in [0.29, 0.717) is 54.5 Å². The smallest absolute Gasteiger partial charge is 0.272 e. The lowest BCUT2D eigenvalue weighted by Crippen LogP contribution is -2.40. The van der Waals surface area contributed by atoms with Crippen LogP contribution in [0, 0.1) is 6.92 Å². The molecule has 9 nitrogen and oxygen atoms in total. The third kappa shape index (κ3) is 3.49. The van der Waals surface area contributed by atoms with Crippen molar-refractivity contribution in [1.29, 1.82) is 0 Å². The van der Waals surface area contributed by atoms with E-state index in [2.05, 4.69) is 10.3 Å². The monoisotopic (exact) mass is 447 g/mol. The Labute approximate surface area is 190 Å². The van der Waals surface area contributed by atoms with Crippen LogP contribution in [0.1, 0.15) is 43.2 Å². The Morgan fingerprint density at radius 3 is 2.70 bits per heavy atom. The van der Waals surface area contributed by atoms with Crippen molar-refractivity contribution < 1.29 is 14.3 Å². The van der Waals surface area contributed by atoms with Gasteiger partial charge in [0.25, 0.3) is 17.4 Å². The van der Waals surface area contributed by atoms with E-state index >= 15 is 0 Å². The summed E-state index contributed by atoms with van der Waals surface area (Å²) in [4.78, 5) is 45.3. The number of benzene rings is 1. The van der Waals surface area contributed by atoms with Crippen LogP contribution in [0.15, 0.2) is 35.5 Å². The molecule has 0 radical (unpaired) electrons. The van der Waals surface area contributed by atoms with Crippen molar-refractivity contribution in [2.45, 2.75) is 26.3 Å². The number of fused-ring (bicyclic) bond motifs is 2.